The van der Waals surface area contributed by atoms with E-state index in [0.717, 1.165) is 21.5 Å². The minimum Gasteiger partial charge on any atom is -0.452 e. The van der Waals surface area contributed by atoms with Crippen LogP contribution >= 0.6 is 0 Å². The molecule has 0 atom stereocenters. The van der Waals surface area contributed by atoms with Crippen LogP contribution in [0.4, 0.5) is 4.79 Å². The van der Waals surface area contributed by atoms with Gasteiger partial charge in [-0.25, -0.2) is 14.3 Å². The van der Waals surface area contributed by atoms with Crippen molar-refractivity contribution >= 4 is 28.9 Å². The van der Waals surface area contributed by atoms with E-state index in [4.69, 9.17) is 4.74 Å². The minimum atomic E-state index is -0.620. The average molecular weight is 379 g/mol. The van der Waals surface area contributed by atoms with Gasteiger partial charge < -0.3 is 10.1 Å². The second-order valence-electron chi connectivity index (χ2n) is 6.29. The van der Waals surface area contributed by atoms with Crippen LogP contribution in [0.2, 0.25) is 0 Å². The zero-order valence-corrected chi connectivity index (χ0v) is 14.9. The van der Waals surface area contributed by atoms with Crippen molar-refractivity contribution in [2.45, 2.75) is 6.54 Å². The van der Waals surface area contributed by atoms with Crippen LogP contribution in [0.25, 0.3) is 11.0 Å². The van der Waals surface area contributed by atoms with Crippen LogP contribution in [-0.4, -0.2) is 57.5 Å². The Morgan fingerprint density at radius 2 is 1.89 bits per heavy atom. The average Bonchev–Trinajstić information content (AvgIpc) is 3.33. The monoisotopic (exact) mass is 379 g/mol. The summed E-state index contributed by atoms with van der Waals surface area (Å²) in [4.78, 5) is 36.5. The number of ether oxygens (including phenoxy) is 1. The second-order valence-corrected chi connectivity index (χ2v) is 6.29. The summed E-state index contributed by atoms with van der Waals surface area (Å²) in [6, 6.07) is 14.0. The lowest BCUT2D eigenvalue weighted by atomic mass is 10.1. The first-order valence-corrected chi connectivity index (χ1v) is 8.74. The first kappa shape index (κ1) is 17.7. The molecule has 1 aromatic heterocycles. The lowest BCUT2D eigenvalue weighted by Gasteiger charge is -2.12. The predicted molar refractivity (Wildman–Crippen MR) is 98.5 cm³/mol. The molecule has 1 aliphatic rings. The van der Waals surface area contributed by atoms with Crippen LogP contribution in [0.1, 0.15) is 15.9 Å². The molecule has 0 spiro atoms. The number of nitrogens with one attached hydrogen (secondary N) is 1. The molecule has 3 amide bonds. The van der Waals surface area contributed by atoms with Gasteiger partial charge in [-0.15, -0.1) is 5.10 Å². The summed E-state index contributed by atoms with van der Waals surface area (Å²) in [6.07, 6.45) is 0. The quantitative estimate of drug-likeness (QED) is 0.668. The molecular formula is C19H17N5O4. The molecule has 9 heteroatoms. The number of hydrogen-bond donors (Lipinski definition) is 1. The summed E-state index contributed by atoms with van der Waals surface area (Å²) in [5.41, 5.74) is 3.01. The molecule has 0 unspecified atom stereocenters. The van der Waals surface area contributed by atoms with E-state index in [1.54, 1.807) is 28.9 Å². The highest BCUT2D eigenvalue weighted by Crippen LogP contribution is 2.13. The van der Waals surface area contributed by atoms with Gasteiger partial charge in [-0.05, 0) is 29.8 Å². The lowest BCUT2D eigenvalue weighted by Crippen LogP contribution is -2.37. The molecular weight excluding hydrogens is 362 g/mol. The number of amides is 3. The molecule has 142 valence electrons. The van der Waals surface area contributed by atoms with Gasteiger partial charge in [-0.3, -0.25) is 9.69 Å². The van der Waals surface area contributed by atoms with Gasteiger partial charge in [0.05, 0.1) is 17.6 Å². The fourth-order valence-corrected chi connectivity index (χ4v) is 2.95. The number of aromatic nitrogens is 3. The lowest BCUT2D eigenvalue weighted by molar-refractivity contribution is -0.130. The van der Waals surface area contributed by atoms with E-state index >= 15 is 0 Å². The molecule has 4 rings (SSSR count). The maximum atomic E-state index is 12.1. The molecule has 1 fully saturated rings. The molecule has 0 saturated carbocycles. The molecule has 3 aromatic rings. The number of fused-ring (bicyclic) bond motifs is 1. The summed E-state index contributed by atoms with van der Waals surface area (Å²) >= 11 is 0. The van der Waals surface area contributed by atoms with Gasteiger partial charge in [0.15, 0.2) is 6.61 Å². The summed E-state index contributed by atoms with van der Waals surface area (Å²) in [5.74, 6) is -1.16. The number of carbonyl (C=O) groups is 3. The number of hydrogen-bond acceptors (Lipinski definition) is 6. The number of benzene rings is 2. The Labute approximate surface area is 159 Å². The first-order valence-electron chi connectivity index (χ1n) is 8.74. The summed E-state index contributed by atoms with van der Waals surface area (Å²) < 4.78 is 6.80. The van der Waals surface area contributed by atoms with E-state index in [0.29, 0.717) is 18.7 Å². The van der Waals surface area contributed by atoms with E-state index in [2.05, 4.69) is 15.6 Å². The van der Waals surface area contributed by atoms with E-state index in [-0.39, 0.29) is 6.54 Å². The maximum Gasteiger partial charge on any atom is 0.338 e. The number of imide groups is 1. The molecule has 1 saturated heterocycles. The van der Waals surface area contributed by atoms with Gasteiger partial charge in [0.2, 0.25) is 0 Å². The molecule has 9 nitrogen and oxygen atoms in total. The van der Waals surface area contributed by atoms with Crippen LogP contribution in [0.5, 0.6) is 0 Å². The van der Waals surface area contributed by atoms with E-state index in [9.17, 15) is 14.4 Å². The fraction of sp³-hybridized carbons (Fsp3) is 0.211. The Kier molecular flexibility index (Phi) is 4.71. The van der Waals surface area contributed by atoms with Crippen LogP contribution in [0.15, 0.2) is 48.5 Å². The van der Waals surface area contributed by atoms with Gasteiger partial charge in [-0.1, -0.05) is 29.5 Å². The SMILES string of the molecule is O=C(OCC(=O)N1CCNC1=O)c1ccc(Cn2nnc3ccccc32)cc1. The predicted octanol–water partition coefficient (Wildman–Crippen LogP) is 1.19. The van der Waals surface area contributed by atoms with Crippen LogP contribution in [0.3, 0.4) is 0 Å². The molecule has 28 heavy (non-hydrogen) atoms. The smallest absolute Gasteiger partial charge is 0.338 e. The van der Waals surface area contributed by atoms with Gasteiger partial charge in [0.25, 0.3) is 5.91 Å². The third kappa shape index (κ3) is 3.54. The van der Waals surface area contributed by atoms with Crippen LogP contribution in [0, 0.1) is 0 Å². The molecule has 2 aromatic carbocycles. The fourth-order valence-electron chi connectivity index (χ4n) is 2.95. The standard InChI is InChI=1S/C19H17N5O4/c25-17(23-10-9-20-19(23)27)12-28-18(26)14-7-5-13(6-8-14)11-24-16-4-2-1-3-15(16)21-22-24/h1-8H,9-12H2,(H,20,27). The zero-order chi connectivity index (χ0) is 19.5. The summed E-state index contributed by atoms with van der Waals surface area (Å²) in [5, 5.41) is 10.8. The minimum absolute atomic E-state index is 0.279. The third-order valence-corrected chi connectivity index (χ3v) is 4.43. The molecule has 2 heterocycles. The highest BCUT2D eigenvalue weighted by atomic mass is 16.5. The van der Waals surface area contributed by atoms with E-state index in [1.807, 2.05) is 24.3 Å². The van der Waals surface area contributed by atoms with Crippen molar-refractivity contribution < 1.29 is 19.1 Å². The number of rotatable bonds is 5. The highest BCUT2D eigenvalue weighted by Gasteiger charge is 2.26. The van der Waals surface area contributed by atoms with Gasteiger partial charge in [0, 0.05) is 13.1 Å². The summed E-state index contributed by atoms with van der Waals surface area (Å²) in [7, 11) is 0. The van der Waals surface area contributed by atoms with Crippen molar-refractivity contribution in [3.63, 3.8) is 0 Å². The Bertz CT molecular complexity index is 1040. The molecule has 1 N–H and O–H groups in total. The first-order chi connectivity index (χ1) is 13.6. The van der Waals surface area contributed by atoms with Crippen molar-refractivity contribution in [3.05, 3.63) is 59.7 Å². The molecule has 0 aliphatic carbocycles. The number of nitrogens with zero attached hydrogens (tertiary/aromatic N) is 4. The van der Waals surface area contributed by atoms with E-state index in [1.165, 1.54) is 0 Å². The zero-order valence-electron chi connectivity index (χ0n) is 14.9. The van der Waals surface area contributed by atoms with E-state index < -0.39 is 24.5 Å². The number of urea groups is 1. The maximum absolute atomic E-state index is 12.1. The Hall–Kier alpha value is -3.75. The largest absolute Gasteiger partial charge is 0.452 e. The third-order valence-electron chi connectivity index (χ3n) is 4.43. The van der Waals surface area contributed by atoms with Gasteiger partial charge >= 0.3 is 12.0 Å². The number of esters is 1. The molecule has 0 bridgehead atoms. The Morgan fingerprint density at radius 1 is 1.11 bits per heavy atom. The normalized spacial score (nSPS) is 13.6. The van der Waals surface area contributed by atoms with Gasteiger partial charge in [-0.2, -0.15) is 0 Å². The number of para-hydroxylation sites is 1. The van der Waals surface area contributed by atoms with Crippen molar-refractivity contribution in [2.24, 2.45) is 0 Å². The van der Waals surface area contributed by atoms with Crippen molar-refractivity contribution in [3.8, 4) is 0 Å². The number of carbonyl (C=O) groups excluding carboxylic acids is 3. The molecule has 0 radical (unpaired) electrons. The van der Waals surface area contributed by atoms with Crippen molar-refractivity contribution in [1.82, 2.24) is 25.2 Å². The topological polar surface area (TPSA) is 106 Å². The summed E-state index contributed by atoms with van der Waals surface area (Å²) in [6.45, 7) is 0.721. The van der Waals surface area contributed by atoms with Crippen molar-refractivity contribution in [2.75, 3.05) is 19.7 Å². The van der Waals surface area contributed by atoms with Crippen LogP contribution in [-0.2, 0) is 16.1 Å². The van der Waals surface area contributed by atoms with Crippen LogP contribution < -0.4 is 5.32 Å². The Balaban J connectivity index is 1.36. The van der Waals surface area contributed by atoms with Crippen molar-refractivity contribution in [1.29, 1.82) is 0 Å². The Morgan fingerprint density at radius 3 is 2.64 bits per heavy atom. The molecule has 1 aliphatic heterocycles. The highest BCUT2D eigenvalue weighted by molar-refractivity contribution is 5.98. The van der Waals surface area contributed by atoms with Gasteiger partial charge in [0.1, 0.15) is 5.52 Å². The second kappa shape index (κ2) is 7.47.